The van der Waals surface area contributed by atoms with Crippen molar-refractivity contribution in [2.45, 2.75) is 39.7 Å². The minimum absolute atomic E-state index is 0. The van der Waals surface area contributed by atoms with Crippen LogP contribution in [-0.4, -0.2) is 61.6 Å². The van der Waals surface area contributed by atoms with Crippen LogP contribution in [0.4, 0.5) is 68.2 Å². The number of nitrogens with zero attached hydrogens (tertiary/aromatic N) is 12. The summed E-state index contributed by atoms with van der Waals surface area (Å²) in [4.78, 5) is 43.8. The quantitative estimate of drug-likeness (QED) is 0.126. The zero-order valence-electron chi connectivity index (χ0n) is 41.6. The van der Waals surface area contributed by atoms with Crippen molar-refractivity contribution in [3.8, 4) is 0 Å². The first-order chi connectivity index (χ1) is 37.3. The van der Waals surface area contributed by atoms with Gasteiger partial charge in [0.25, 0.3) is 0 Å². The molecular formula is C58H36B2N12Pt2S4. The molecule has 0 saturated heterocycles. The number of hydrogen-bond acceptors (Lipinski definition) is 16. The monoisotopic (exact) mass is 1440 g/mol. The average molecular weight is 1440 g/mol. The van der Waals surface area contributed by atoms with Crippen molar-refractivity contribution in [3.63, 3.8) is 0 Å². The molecule has 17 rings (SSSR count). The zero-order chi connectivity index (χ0) is 50.2. The van der Waals surface area contributed by atoms with Crippen molar-refractivity contribution in [2.24, 2.45) is 0 Å². The topological polar surface area (TPSA) is 77.5 Å². The maximum absolute atomic E-state index is 5.40. The molecule has 5 aromatic carbocycles. The third-order valence-electron chi connectivity index (χ3n) is 15.4. The number of aromatic nitrogens is 4. The molecule has 8 aliphatic rings. The van der Waals surface area contributed by atoms with E-state index in [4.69, 9.17) is 19.9 Å². The summed E-state index contributed by atoms with van der Waals surface area (Å²) in [6, 6.07) is 49.9. The second kappa shape index (κ2) is 18.3. The molecular weight excluding hydrogens is 1400 g/mol. The maximum atomic E-state index is 5.40. The van der Waals surface area contributed by atoms with Crippen LogP contribution in [0.3, 0.4) is 0 Å². The fourth-order valence-electron chi connectivity index (χ4n) is 12.0. The number of benzene rings is 5. The van der Waals surface area contributed by atoms with Crippen molar-refractivity contribution < 1.29 is 42.1 Å². The number of rotatable bonds is 4. The SMILES string of the molecule is CN1[CH-]N(c2[c-]c3c(nc2)Sc2c4c5c(c6c2B3c2[c-]c(N3[CH-]N(C)c7ccccc73)cnc2S6)Sc2ncc(N3[CH-]N(C)c6ccccc63)[c-]c2B5c2[c-]c(N3[CH-]N(C)c5ccccc53)cnc2S4)c2ccccc21.[Pt+4].[Pt+4]. The molecule has 0 amide bonds. The van der Waals surface area contributed by atoms with Gasteiger partial charge in [0.05, 0.1) is 0 Å². The molecule has 0 fully saturated rings. The van der Waals surface area contributed by atoms with Crippen LogP contribution in [-0.2, 0) is 42.1 Å². The van der Waals surface area contributed by atoms with Crippen molar-refractivity contribution in [1.29, 1.82) is 0 Å². The summed E-state index contributed by atoms with van der Waals surface area (Å²) in [5.74, 6) is 0. The van der Waals surface area contributed by atoms with Gasteiger partial charge in [-0.15, -0.1) is 47.0 Å². The van der Waals surface area contributed by atoms with E-state index in [9.17, 15) is 0 Å². The van der Waals surface area contributed by atoms with Gasteiger partial charge < -0.3 is 59.1 Å². The molecule has 0 unspecified atom stereocenters. The average Bonchev–Trinajstić information content (AvgIpc) is 4.01. The number of fused-ring (bicyclic) bond motifs is 14. The van der Waals surface area contributed by atoms with Crippen molar-refractivity contribution in [3.05, 3.63) is 173 Å². The normalized spacial score (nSPS) is 16.1. The molecule has 9 aromatic rings. The second-order valence-electron chi connectivity index (χ2n) is 19.7. The molecule has 0 spiro atoms. The van der Waals surface area contributed by atoms with E-state index in [1.165, 1.54) is 30.5 Å². The van der Waals surface area contributed by atoms with Crippen LogP contribution < -0.4 is 72.0 Å². The van der Waals surface area contributed by atoms with Gasteiger partial charge in [0.15, 0.2) is 13.4 Å². The molecule has 0 atom stereocenters. The maximum Gasteiger partial charge on any atom is 4.00 e. The zero-order valence-corrected chi connectivity index (χ0v) is 49.5. The van der Waals surface area contributed by atoms with Gasteiger partial charge in [0, 0.05) is 65.1 Å². The second-order valence-corrected chi connectivity index (χ2v) is 23.7. The Morgan fingerprint density at radius 3 is 0.795 bits per heavy atom. The Bertz CT molecular complexity index is 3560. The van der Waals surface area contributed by atoms with Gasteiger partial charge in [-0.3, -0.25) is 0 Å². The van der Waals surface area contributed by atoms with Gasteiger partial charge >= 0.3 is 42.1 Å². The van der Waals surface area contributed by atoms with Crippen LogP contribution in [0.1, 0.15) is 0 Å². The van der Waals surface area contributed by atoms with E-state index >= 15 is 0 Å². The molecule has 12 heterocycles. The molecule has 0 aliphatic carbocycles. The summed E-state index contributed by atoms with van der Waals surface area (Å²) in [5, 5.41) is 3.65. The summed E-state index contributed by atoms with van der Waals surface area (Å²) in [7, 11) is 8.35. The minimum Gasteiger partial charge on any atom is -0.504 e. The van der Waals surface area contributed by atoms with Gasteiger partial charge in [-0.2, -0.15) is 72.8 Å². The molecule has 78 heavy (non-hydrogen) atoms. The Labute approximate surface area is 499 Å². The van der Waals surface area contributed by atoms with Crippen LogP contribution in [0.15, 0.2) is 162 Å². The Morgan fingerprint density at radius 2 is 0.564 bits per heavy atom. The fraction of sp³-hybridized carbons (Fsp3) is 0.0690. The fourth-order valence-corrected chi connectivity index (χ4v) is 17.0. The predicted molar refractivity (Wildman–Crippen MR) is 310 cm³/mol. The predicted octanol–water partition coefficient (Wildman–Crippen LogP) is 8.18. The third kappa shape index (κ3) is 7.01. The van der Waals surface area contributed by atoms with Crippen molar-refractivity contribution in [2.75, 3.05) is 67.4 Å². The number of pyridine rings is 4. The first-order valence-corrected chi connectivity index (χ1v) is 28.1. The molecule has 0 N–H and O–H groups in total. The van der Waals surface area contributed by atoms with Gasteiger partial charge in [-0.25, -0.2) is 0 Å². The standard InChI is InChI=1S/C58H36B2N12S4.2Pt/c1-65-29-69(45-17-9-5-13-41(45)65)33-21-37-55(61-25-33)73-51-49-52(74-56-38(59(37)49)22-34(26-62-56)70-30-66(2)42-14-6-10-18-46(42)70)54-50-53(51)75-57-39(23-35(27-63-57)71-31-67(3)43-15-7-11-19-47(43)71)60(50)40-24-36(28-64-58(40)76-54)72-32-68(4)44-16-8-12-20-48(44)72;;/h5-20,25-32H,1-4H3;;/q-8;2*+4. The molecule has 0 radical (unpaired) electrons. The van der Waals surface area contributed by atoms with Crippen LogP contribution >= 0.6 is 47.0 Å². The minimum atomic E-state index is -0.290. The Hall–Kier alpha value is -5.99. The molecule has 20 heteroatoms. The first kappa shape index (κ1) is 49.1. The Balaban J connectivity index is 0.00000264. The van der Waals surface area contributed by atoms with E-state index in [0.717, 1.165) is 110 Å². The van der Waals surface area contributed by atoms with Crippen molar-refractivity contribution in [1.82, 2.24) is 19.9 Å². The summed E-state index contributed by atoms with van der Waals surface area (Å²) in [6.45, 7) is 7.92. The van der Waals surface area contributed by atoms with Crippen molar-refractivity contribution >= 4 is 161 Å². The molecule has 0 saturated carbocycles. The summed E-state index contributed by atoms with van der Waals surface area (Å²) >= 11 is 6.99. The van der Waals surface area contributed by atoms with Gasteiger partial charge in [-0.05, 0) is 108 Å². The number of hydrogen-bond donors (Lipinski definition) is 0. The Kier molecular flexibility index (Phi) is 11.5. The Morgan fingerprint density at radius 1 is 0.346 bits per heavy atom. The van der Waals surface area contributed by atoms with Crippen LogP contribution in [0, 0.1) is 50.9 Å². The smallest absolute Gasteiger partial charge is 0.504 e. The van der Waals surface area contributed by atoms with E-state index in [1.54, 1.807) is 47.0 Å². The van der Waals surface area contributed by atoms with Crippen LogP contribution in [0.25, 0.3) is 0 Å². The molecule has 378 valence electrons. The van der Waals surface area contributed by atoms with E-state index in [-0.39, 0.29) is 55.6 Å². The molecule has 8 aliphatic heterocycles. The molecule has 0 bridgehead atoms. The van der Waals surface area contributed by atoms with Gasteiger partial charge in [0.2, 0.25) is 0 Å². The number of anilines is 12. The summed E-state index contributed by atoms with van der Waals surface area (Å²) in [5.41, 5.74) is 18.8. The molecule has 4 aromatic heterocycles. The van der Waals surface area contributed by atoms with Crippen LogP contribution in [0.5, 0.6) is 0 Å². The van der Waals surface area contributed by atoms with E-state index in [2.05, 4.69) is 215 Å². The van der Waals surface area contributed by atoms with Crippen LogP contribution in [0.2, 0.25) is 0 Å². The van der Waals surface area contributed by atoms with Gasteiger partial charge in [0.1, 0.15) is 0 Å². The molecule has 12 nitrogen and oxygen atoms in total. The van der Waals surface area contributed by atoms with Gasteiger partial charge in [-0.1, -0.05) is 96.1 Å². The van der Waals surface area contributed by atoms with E-state index in [0.29, 0.717) is 0 Å². The van der Waals surface area contributed by atoms with E-state index < -0.39 is 0 Å². The summed E-state index contributed by atoms with van der Waals surface area (Å²) < 4.78 is 0. The van der Waals surface area contributed by atoms with E-state index in [1.807, 2.05) is 24.8 Å². The first-order valence-electron chi connectivity index (χ1n) is 24.8. The largest absolute Gasteiger partial charge is 4.00 e. The summed E-state index contributed by atoms with van der Waals surface area (Å²) in [6.07, 6.45) is 7.91. The number of para-hydroxylation sites is 8. The third-order valence-corrected chi connectivity index (χ3v) is 20.2.